The molecule has 0 aliphatic heterocycles. The van der Waals surface area contributed by atoms with Crippen molar-refractivity contribution in [2.75, 3.05) is 7.11 Å². The standard InChI is InChI=1S/C23H21Cl2N5O2/c1-13-17(10-26)21(16-8-7-15(24)9-18(16)25)30-12-19(29-23(30)28-13)22(31)27-11-14-5-3-4-6-20(14)32-2/h3-9,12H,10-11,26H2,1-2H3,(H,27,31). The third kappa shape index (κ3) is 4.14. The number of rotatable bonds is 6. The van der Waals surface area contributed by atoms with Gasteiger partial charge >= 0.3 is 0 Å². The van der Waals surface area contributed by atoms with E-state index in [1.54, 1.807) is 29.8 Å². The zero-order valence-electron chi connectivity index (χ0n) is 17.5. The van der Waals surface area contributed by atoms with E-state index in [0.29, 0.717) is 33.8 Å². The highest BCUT2D eigenvalue weighted by molar-refractivity contribution is 6.36. The number of benzene rings is 2. The molecule has 7 nitrogen and oxygen atoms in total. The number of methoxy groups -OCH3 is 1. The first kappa shape index (κ1) is 22.1. The summed E-state index contributed by atoms with van der Waals surface area (Å²) in [5.41, 5.74) is 10.1. The van der Waals surface area contributed by atoms with Crippen LogP contribution in [0.25, 0.3) is 17.0 Å². The van der Waals surface area contributed by atoms with Crippen molar-refractivity contribution >= 4 is 34.9 Å². The zero-order valence-corrected chi connectivity index (χ0v) is 19.0. The molecule has 4 rings (SSSR count). The highest BCUT2D eigenvalue weighted by Crippen LogP contribution is 2.34. The monoisotopic (exact) mass is 469 g/mol. The summed E-state index contributed by atoms with van der Waals surface area (Å²) in [5.74, 6) is 0.747. The highest BCUT2D eigenvalue weighted by Gasteiger charge is 2.20. The molecular formula is C23H21Cl2N5O2. The second-order valence-corrected chi connectivity index (χ2v) is 7.99. The number of aryl methyl sites for hydroxylation is 1. The van der Waals surface area contributed by atoms with Gasteiger partial charge in [-0.05, 0) is 31.2 Å². The fraction of sp³-hybridized carbons (Fsp3) is 0.174. The Bertz CT molecular complexity index is 1320. The van der Waals surface area contributed by atoms with Crippen molar-refractivity contribution < 1.29 is 9.53 Å². The first-order valence-corrected chi connectivity index (χ1v) is 10.6. The second kappa shape index (κ2) is 9.16. The maximum Gasteiger partial charge on any atom is 0.271 e. The number of nitrogens with two attached hydrogens (primary N) is 1. The zero-order chi connectivity index (χ0) is 22.8. The fourth-order valence-corrected chi connectivity index (χ4v) is 4.09. The predicted octanol–water partition coefficient (Wildman–Crippen LogP) is 4.41. The number of nitrogens with zero attached hydrogens (tertiary/aromatic N) is 3. The molecule has 2 aromatic heterocycles. The Morgan fingerprint density at radius 2 is 1.97 bits per heavy atom. The summed E-state index contributed by atoms with van der Waals surface area (Å²) < 4.78 is 7.08. The molecule has 0 saturated heterocycles. The first-order chi connectivity index (χ1) is 15.4. The number of halogens is 2. The number of para-hydroxylation sites is 1. The number of imidazole rings is 1. The van der Waals surface area contributed by atoms with Crippen LogP contribution < -0.4 is 15.8 Å². The lowest BCUT2D eigenvalue weighted by Gasteiger charge is -2.14. The van der Waals surface area contributed by atoms with E-state index in [9.17, 15) is 4.79 Å². The smallest absolute Gasteiger partial charge is 0.271 e. The molecule has 0 spiro atoms. The lowest BCUT2D eigenvalue weighted by molar-refractivity contribution is 0.0946. The Hall–Kier alpha value is -3.13. The maximum absolute atomic E-state index is 12.9. The summed E-state index contributed by atoms with van der Waals surface area (Å²) in [6, 6.07) is 12.7. The quantitative estimate of drug-likeness (QED) is 0.436. The third-order valence-electron chi connectivity index (χ3n) is 5.17. The number of amides is 1. The molecule has 0 unspecified atom stereocenters. The van der Waals surface area contributed by atoms with Crippen LogP contribution in [0, 0.1) is 6.92 Å². The summed E-state index contributed by atoms with van der Waals surface area (Å²) in [6.45, 7) is 2.40. The molecule has 0 saturated carbocycles. The summed E-state index contributed by atoms with van der Waals surface area (Å²) in [5, 5.41) is 3.87. The number of nitrogens with one attached hydrogen (secondary N) is 1. The number of hydrogen-bond acceptors (Lipinski definition) is 5. The number of carbonyl (C=O) groups is 1. The molecule has 2 heterocycles. The number of ether oxygens (including phenoxy) is 1. The number of hydrogen-bond donors (Lipinski definition) is 2. The van der Waals surface area contributed by atoms with Crippen LogP contribution in [-0.2, 0) is 13.1 Å². The molecule has 3 N–H and O–H groups in total. The first-order valence-electron chi connectivity index (χ1n) is 9.87. The molecule has 0 atom stereocenters. The summed E-state index contributed by atoms with van der Waals surface area (Å²) in [4.78, 5) is 21.8. The number of aromatic nitrogens is 3. The van der Waals surface area contributed by atoms with E-state index in [2.05, 4.69) is 15.3 Å². The van der Waals surface area contributed by atoms with Gasteiger partial charge in [-0.15, -0.1) is 0 Å². The van der Waals surface area contributed by atoms with Crippen LogP contribution in [0.5, 0.6) is 5.75 Å². The molecule has 32 heavy (non-hydrogen) atoms. The molecule has 1 amide bonds. The van der Waals surface area contributed by atoms with Gasteiger partial charge in [-0.3, -0.25) is 9.20 Å². The normalized spacial score (nSPS) is 11.0. The number of fused-ring (bicyclic) bond motifs is 1. The van der Waals surface area contributed by atoms with Crippen LogP contribution >= 0.6 is 23.2 Å². The molecule has 2 aromatic carbocycles. The molecule has 0 radical (unpaired) electrons. The molecule has 9 heteroatoms. The van der Waals surface area contributed by atoms with Crippen molar-refractivity contribution in [2.45, 2.75) is 20.0 Å². The highest BCUT2D eigenvalue weighted by atomic mass is 35.5. The maximum atomic E-state index is 12.9. The van der Waals surface area contributed by atoms with Gasteiger partial charge in [-0.2, -0.15) is 0 Å². The number of carbonyl (C=O) groups excluding carboxylic acids is 1. The minimum atomic E-state index is -0.332. The van der Waals surface area contributed by atoms with E-state index >= 15 is 0 Å². The van der Waals surface area contributed by atoms with Gasteiger partial charge in [0, 0.05) is 46.7 Å². The SMILES string of the molecule is COc1ccccc1CNC(=O)c1cn2c(-c3ccc(Cl)cc3Cl)c(CN)c(C)nc2n1. The van der Waals surface area contributed by atoms with Gasteiger partial charge in [0.15, 0.2) is 0 Å². The molecule has 0 aliphatic rings. The van der Waals surface area contributed by atoms with Gasteiger partial charge in [0.25, 0.3) is 5.91 Å². The Balaban J connectivity index is 1.74. The molecule has 0 aliphatic carbocycles. The largest absolute Gasteiger partial charge is 0.496 e. The van der Waals surface area contributed by atoms with Crippen molar-refractivity contribution in [3.8, 4) is 17.0 Å². The van der Waals surface area contributed by atoms with Crippen LogP contribution in [0.15, 0.2) is 48.7 Å². The van der Waals surface area contributed by atoms with E-state index in [-0.39, 0.29) is 18.1 Å². The van der Waals surface area contributed by atoms with Crippen LogP contribution in [0.1, 0.15) is 27.3 Å². The van der Waals surface area contributed by atoms with E-state index < -0.39 is 0 Å². The lowest BCUT2D eigenvalue weighted by Crippen LogP contribution is -2.23. The summed E-state index contributed by atoms with van der Waals surface area (Å²) in [7, 11) is 1.59. The van der Waals surface area contributed by atoms with E-state index in [1.165, 1.54) is 0 Å². The van der Waals surface area contributed by atoms with Gasteiger partial charge in [0.1, 0.15) is 11.4 Å². The molecule has 0 bridgehead atoms. The fourth-order valence-electron chi connectivity index (χ4n) is 3.59. The van der Waals surface area contributed by atoms with Crippen LogP contribution in [0.3, 0.4) is 0 Å². The molecular weight excluding hydrogens is 449 g/mol. The summed E-state index contributed by atoms with van der Waals surface area (Å²) >= 11 is 12.6. The Labute approximate surface area is 195 Å². The van der Waals surface area contributed by atoms with Gasteiger partial charge in [0.05, 0.1) is 17.8 Å². The Morgan fingerprint density at radius 1 is 1.19 bits per heavy atom. The molecule has 0 fully saturated rings. The average Bonchev–Trinajstić information content (AvgIpc) is 3.20. The van der Waals surface area contributed by atoms with E-state index in [4.69, 9.17) is 33.7 Å². The predicted molar refractivity (Wildman–Crippen MR) is 125 cm³/mol. The summed E-state index contributed by atoms with van der Waals surface area (Å²) in [6.07, 6.45) is 1.64. The molecule has 4 aromatic rings. The Morgan fingerprint density at radius 3 is 2.69 bits per heavy atom. The van der Waals surface area contributed by atoms with Crippen LogP contribution in [-0.4, -0.2) is 27.4 Å². The molecule has 164 valence electrons. The minimum absolute atomic E-state index is 0.229. The van der Waals surface area contributed by atoms with Crippen LogP contribution in [0.4, 0.5) is 0 Å². The second-order valence-electron chi connectivity index (χ2n) is 7.14. The van der Waals surface area contributed by atoms with Crippen molar-refractivity contribution in [1.29, 1.82) is 0 Å². The van der Waals surface area contributed by atoms with Crippen molar-refractivity contribution in [2.24, 2.45) is 5.73 Å². The van der Waals surface area contributed by atoms with Crippen molar-refractivity contribution in [3.63, 3.8) is 0 Å². The topological polar surface area (TPSA) is 94.5 Å². The van der Waals surface area contributed by atoms with Crippen LogP contribution in [0.2, 0.25) is 10.0 Å². The minimum Gasteiger partial charge on any atom is -0.496 e. The van der Waals surface area contributed by atoms with Gasteiger partial charge < -0.3 is 15.8 Å². The van der Waals surface area contributed by atoms with Gasteiger partial charge in [-0.25, -0.2) is 9.97 Å². The Kier molecular flexibility index (Phi) is 6.32. The third-order valence-corrected chi connectivity index (χ3v) is 5.72. The van der Waals surface area contributed by atoms with Gasteiger partial charge in [0.2, 0.25) is 5.78 Å². The lowest BCUT2D eigenvalue weighted by atomic mass is 10.0. The van der Waals surface area contributed by atoms with E-state index in [0.717, 1.165) is 22.4 Å². The van der Waals surface area contributed by atoms with E-state index in [1.807, 2.05) is 37.3 Å². The van der Waals surface area contributed by atoms with Crippen molar-refractivity contribution in [3.05, 3.63) is 81.2 Å². The van der Waals surface area contributed by atoms with Crippen molar-refractivity contribution in [1.82, 2.24) is 19.7 Å². The average molecular weight is 470 g/mol. The van der Waals surface area contributed by atoms with Gasteiger partial charge in [-0.1, -0.05) is 41.4 Å².